The molecule has 0 fully saturated rings. The Morgan fingerprint density at radius 1 is 1.28 bits per heavy atom. The van der Waals surface area contributed by atoms with Crippen molar-refractivity contribution in [2.24, 2.45) is 5.73 Å². The highest BCUT2D eigenvalue weighted by Crippen LogP contribution is 2.32. The van der Waals surface area contributed by atoms with Crippen molar-refractivity contribution >= 4 is 17.5 Å². The minimum atomic E-state index is -0.618. The molecule has 1 amide bonds. The predicted octanol–water partition coefficient (Wildman–Crippen LogP) is 2.30. The van der Waals surface area contributed by atoms with Gasteiger partial charge in [-0.25, -0.2) is 4.98 Å². The lowest BCUT2D eigenvalue weighted by molar-refractivity contribution is 0.100. The van der Waals surface area contributed by atoms with E-state index in [1.54, 1.807) is 38.1 Å². The summed E-state index contributed by atoms with van der Waals surface area (Å²) in [6.07, 6.45) is 0. The van der Waals surface area contributed by atoms with Crippen LogP contribution in [0.2, 0.25) is 5.02 Å². The van der Waals surface area contributed by atoms with Gasteiger partial charge in [-0.15, -0.1) is 0 Å². The molecule has 2 aromatic heterocycles. The number of nitrogens with zero attached hydrogens (tertiary/aromatic N) is 3. The third-order valence-corrected chi connectivity index (χ3v) is 4.36. The third-order valence-electron chi connectivity index (χ3n) is 3.95. The molecule has 0 aliphatic carbocycles. The molecule has 3 N–H and O–H groups in total. The number of halogens is 1. The fraction of sp³-hybridized carbons (Fsp3) is 0.176. The Hall–Kier alpha value is -2.93. The van der Waals surface area contributed by atoms with E-state index in [4.69, 9.17) is 17.3 Å². The van der Waals surface area contributed by atoms with E-state index in [0.717, 1.165) is 0 Å². The highest BCUT2D eigenvalue weighted by molar-refractivity contribution is 6.36. The summed E-state index contributed by atoms with van der Waals surface area (Å²) < 4.78 is 1.50. The lowest BCUT2D eigenvalue weighted by atomic mass is 10.1. The summed E-state index contributed by atoms with van der Waals surface area (Å²) in [4.78, 5) is 30.7. The normalized spacial score (nSPS) is 10.9. The van der Waals surface area contributed by atoms with Gasteiger partial charge in [-0.1, -0.05) is 23.7 Å². The Balaban J connectivity index is 2.27. The molecule has 0 saturated carbocycles. The maximum absolute atomic E-state index is 12.1. The van der Waals surface area contributed by atoms with Crippen molar-refractivity contribution in [1.29, 1.82) is 0 Å². The average molecular weight is 358 g/mol. The number of benzene rings is 1. The van der Waals surface area contributed by atoms with Crippen molar-refractivity contribution in [3.63, 3.8) is 0 Å². The summed E-state index contributed by atoms with van der Waals surface area (Å²) >= 11 is 6.36. The SMILES string of the molecule is Cc1cc(-c2cccc(C(N)=O)c2Cl)n(-c2nc(C)c(C)c(=O)[nH]2)n1. The number of aromatic amines is 1. The number of hydrogen-bond acceptors (Lipinski definition) is 4. The first-order valence-electron chi connectivity index (χ1n) is 7.53. The molecule has 0 aliphatic rings. The molecule has 25 heavy (non-hydrogen) atoms. The predicted molar refractivity (Wildman–Crippen MR) is 95.2 cm³/mol. The first kappa shape index (κ1) is 16.9. The number of primary amides is 1. The number of hydrogen-bond donors (Lipinski definition) is 2. The molecule has 0 unspecified atom stereocenters. The number of aromatic nitrogens is 4. The van der Waals surface area contributed by atoms with Crippen LogP contribution in [0.15, 0.2) is 29.1 Å². The first-order valence-corrected chi connectivity index (χ1v) is 7.90. The first-order chi connectivity index (χ1) is 11.8. The molecule has 1 aromatic carbocycles. The minimum Gasteiger partial charge on any atom is -0.366 e. The quantitative estimate of drug-likeness (QED) is 0.749. The van der Waals surface area contributed by atoms with E-state index in [-0.39, 0.29) is 22.1 Å². The highest BCUT2D eigenvalue weighted by Gasteiger charge is 2.18. The van der Waals surface area contributed by atoms with Gasteiger partial charge in [0.05, 0.1) is 22.0 Å². The summed E-state index contributed by atoms with van der Waals surface area (Å²) in [5.74, 6) is -0.343. The zero-order valence-corrected chi connectivity index (χ0v) is 14.7. The van der Waals surface area contributed by atoms with E-state index in [1.165, 1.54) is 4.68 Å². The van der Waals surface area contributed by atoms with Gasteiger partial charge in [0.1, 0.15) is 0 Å². The van der Waals surface area contributed by atoms with Crippen LogP contribution in [0.25, 0.3) is 17.2 Å². The Morgan fingerprint density at radius 2 is 2.00 bits per heavy atom. The van der Waals surface area contributed by atoms with Gasteiger partial charge in [0.25, 0.3) is 5.56 Å². The molecular formula is C17H16ClN5O2. The standard InChI is InChI=1S/C17H16ClN5O2/c1-8-7-13(11-5-4-6-12(14(11)18)15(19)24)23(22-8)17-20-10(3)9(2)16(25)21-17/h4-7H,1-3H3,(H2,19,24)(H,20,21,25). The topological polar surface area (TPSA) is 107 Å². The van der Waals surface area contributed by atoms with E-state index in [9.17, 15) is 9.59 Å². The van der Waals surface area contributed by atoms with Crippen molar-refractivity contribution < 1.29 is 4.79 Å². The zero-order valence-electron chi connectivity index (χ0n) is 13.9. The number of amides is 1. The van der Waals surface area contributed by atoms with Crippen LogP contribution in [0.1, 0.15) is 27.3 Å². The molecule has 8 heteroatoms. The summed E-state index contributed by atoms with van der Waals surface area (Å²) in [6, 6.07) is 6.78. The van der Waals surface area contributed by atoms with Gasteiger partial charge in [0.15, 0.2) is 0 Å². The number of carbonyl (C=O) groups is 1. The van der Waals surface area contributed by atoms with Gasteiger partial charge in [-0.05, 0) is 32.9 Å². The van der Waals surface area contributed by atoms with E-state index in [0.29, 0.717) is 28.2 Å². The summed E-state index contributed by atoms with van der Waals surface area (Å²) in [5, 5.41) is 4.62. The van der Waals surface area contributed by atoms with Crippen molar-refractivity contribution in [1.82, 2.24) is 19.7 Å². The molecule has 3 rings (SSSR count). The van der Waals surface area contributed by atoms with Crippen molar-refractivity contribution in [2.75, 3.05) is 0 Å². The lowest BCUT2D eigenvalue weighted by Gasteiger charge is -2.11. The highest BCUT2D eigenvalue weighted by atomic mass is 35.5. The average Bonchev–Trinajstić information content (AvgIpc) is 2.93. The maximum Gasteiger partial charge on any atom is 0.255 e. The summed E-state index contributed by atoms with van der Waals surface area (Å²) in [7, 11) is 0. The maximum atomic E-state index is 12.1. The molecule has 0 bridgehead atoms. The molecule has 0 spiro atoms. The van der Waals surface area contributed by atoms with Crippen LogP contribution >= 0.6 is 11.6 Å². The second-order valence-electron chi connectivity index (χ2n) is 5.71. The van der Waals surface area contributed by atoms with Gasteiger partial charge in [-0.2, -0.15) is 9.78 Å². The zero-order chi connectivity index (χ0) is 18.3. The van der Waals surface area contributed by atoms with Gasteiger partial charge >= 0.3 is 0 Å². The van der Waals surface area contributed by atoms with Gasteiger partial charge in [-0.3, -0.25) is 14.6 Å². The van der Waals surface area contributed by atoms with Crippen LogP contribution in [0.5, 0.6) is 0 Å². The van der Waals surface area contributed by atoms with Crippen LogP contribution in [-0.2, 0) is 0 Å². The van der Waals surface area contributed by atoms with Crippen molar-refractivity contribution in [2.45, 2.75) is 20.8 Å². The van der Waals surface area contributed by atoms with E-state index in [2.05, 4.69) is 15.1 Å². The summed E-state index contributed by atoms with van der Waals surface area (Å²) in [6.45, 7) is 5.27. The fourth-order valence-corrected chi connectivity index (χ4v) is 2.82. The Bertz CT molecular complexity index is 1050. The van der Waals surface area contributed by atoms with Gasteiger partial charge in [0.2, 0.25) is 11.9 Å². The molecular weight excluding hydrogens is 342 g/mol. The molecule has 7 nitrogen and oxygen atoms in total. The lowest BCUT2D eigenvalue weighted by Crippen LogP contribution is -2.18. The van der Waals surface area contributed by atoms with Crippen LogP contribution in [-0.4, -0.2) is 25.7 Å². The number of nitrogens with one attached hydrogen (secondary N) is 1. The molecule has 2 heterocycles. The van der Waals surface area contributed by atoms with Crippen LogP contribution in [0.3, 0.4) is 0 Å². The van der Waals surface area contributed by atoms with Gasteiger partial charge in [0, 0.05) is 16.8 Å². The number of nitrogens with two attached hydrogens (primary N) is 1. The molecule has 128 valence electrons. The number of carbonyl (C=O) groups excluding carboxylic acids is 1. The van der Waals surface area contributed by atoms with Gasteiger partial charge < -0.3 is 5.73 Å². The second kappa shape index (κ2) is 6.18. The van der Waals surface area contributed by atoms with E-state index < -0.39 is 5.91 Å². The smallest absolute Gasteiger partial charge is 0.255 e. The van der Waals surface area contributed by atoms with Crippen LogP contribution < -0.4 is 11.3 Å². The molecule has 3 aromatic rings. The molecule has 0 aliphatic heterocycles. The van der Waals surface area contributed by atoms with Crippen molar-refractivity contribution in [3.05, 3.63) is 62.2 Å². The largest absolute Gasteiger partial charge is 0.366 e. The summed E-state index contributed by atoms with van der Waals surface area (Å²) in [5.41, 5.74) is 8.36. The Morgan fingerprint density at radius 3 is 2.64 bits per heavy atom. The fourth-order valence-electron chi connectivity index (χ4n) is 2.50. The van der Waals surface area contributed by atoms with Crippen LogP contribution in [0.4, 0.5) is 0 Å². The minimum absolute atomic E-state index is 0.214. The number of rotatable bonds is 3. The molecule has 0 radical (unpaired) electrons. The second-order valence-corrected chi connectivity index (χ2v) is 6.09. The monoisotopic (exact) mass is 357 g/mol. The van der Waals surface area contributed by atoms with Crippen molar-refractivity contribution in [3.8, 4) is 17.2 Å². The number of aryl methyl sites for hydroxylation is 2. The third kappa shape index (κ3) is 2.94. The Kier molecular flexibility index (Phi) is 4.18. The molecule has 0 atom stereocenters. The van der Waals surface area contributed by atoms with E-state index >= 15 is 0 Å². The van der Waals surface area contributed by atoms with Crippen LogP contribution in [0, 0.1) is 20.8 Å². The molecule has 0 saturated heterocycles. The number of H-pyrrole nitrogens is 1. The Labute approximate surface area is 148 Å². The van der Waals surface area contributed by atoms with E-state index in [1.807, 2.05) is 6.92 Å².